The van der Waals surface area contributed by atoms with E-state index in [0.717, 1.165) is 9.87 Å². The predicted molar refractivity (Wildman–Crippen MR) is 145 cm³/mol. The molecule has 0 saturated heterocycles. The molecular weight excluding hydrogens is 540 g/mol. The Morgan fingerprint density at radius 2 is 1.82 bits per heavy atom. The Bertz CT molecular complexity index is 1330. The Morgan fingerprint density at radius 1 is 1.12 bits per heavy atom. The molecule has 1 amide bonds. The molecule has 1 heterocycles. The molecule has 0 fully saturated rings. The summed E-state index contributed by atoms with van der Waals surface area (Å²) in [4.78, 5) is 24.5. The maximum absolute atomic E-state index is 13.2. The largest absolute Gasteiger partial charge is 0.497 e. The first kappa shape index (κ1) is 30.6. The van der Waals surface area contributed by atoms with E-state index in [9.17, 15) is 23.1 Å². The molecule has 0 bridgehead atoms. The standard InChI is InChI=1S/C28H32N2O9S/c1-4-13-29-27(32)25-18-22(20-5-7-21(8-6-20)28(33)37-3)19-26(39-25)38-17-15-30(14-16-31)40(34,35)24-11-9-23(36-2)10-12-24/h1,5-12,18,22,26,31H,13-17,19H2,2-3H3,(H,29,32)/t22-,26+/m0/s1. The van der Waals surface area contributed by atoms with Gasteiger partial charge in [-0.15, -0.1) is 6.42 Å². The molecule has 2 aromatic rings. The van der Waals surface area contributed by atoms with Gasteiger partial charge in [0.25, 0.3) is 5.91 Å². The molecule has 214 valence electrons. The van der Waals surface area contributed by atoms with Crippen molar-refractivity contribution >= 4 is 21.9 Å². The topological polar surface area (TPSA) is 141 Å². The number of aliphatic hydroxyl groups excluding tert-OH is 1. The van der Waals surface area contributed by atoms with Gasteiger partial charge in [0.05, 0.1) is 44.4 Å². The highest BCUT2D eigenvalue weighted by molar-refractivity contribution is 7.89. The normalized spacial score (nSPS) is 16.8. The molecule has 2 atom stereocenters. The smallest absolute Gasteiger partial charge is 0.337 e. The van der Waals surface area contributed by atoms with E-state index >= 15 is 0 Å². The number of benzene rings is 2. The monoisotopic (exact) mass is 572 g/mol. The number of terminal acetylenes is 1. The number of sulfonamides is 1. The fourth-order valence-electron chi connectivity index (χ4n) is 4.00. The summed E-state index contributed by atoms with van der Waals surface area (Å²) >= 11 is 0. The third-order valence-corrected chi connectivity index (χ3v) is 8.00. The van der Waals surface area contributed by atoms with E-state index in [4.69, 9.17) is 25.4 Å². The van der Waals surface area contributed by atoms with E-state index in [1.165, 1.54) is 38.5 Å². The van der Waals surface area contributed by atoms with E-state index in [1.54, 1.807) is 30.3 Å². The average Bonchev–Trinajstić information content (AvgIpc) is 2.98. The van der Waals surface area contributed by atoms with Crippen molar-refractivity contribution in [3.8, 4) is 18.1 Å². The Labute approximate surface area is 233 Å². The van der Waals surface area contributed by atoms with Crippen LogP contribution >= 0.6 is 0 Å². The molecule has 0 spiro atoms. The van der Waals surface area contributed by atoms with E-state index in [2.05, 4.69) is 11.2 Å². The SMILES string of the molecule is C#CCNC(=O)C1=C[C@H](c2ccc(C(=O)OC)cc2)C[C@H](OCCN(CCO)S(=O)(=O)c2ccc(OC)cc2)O1. The van der Waals surface area contributed by atoms with Gasteiger partial charge in [-0.05, 0) is 48.0 Å². The molecule has 2 N–H and O–H groups in total. The summed E-state index contributed by atoms with van der Waals surface area (Å²) in [5.41, 5.74) is 1.18. The summed E-state index contributed by atoms with van der Waals surface area (Å²) in [7, 11) is -1.15. The number of nitrogens with one attached hydrogen (secondary N) is 1. The molecule has 0 unspecified atom stereocenters. The summed E-state index contributed by atoms with van der Waals surface area (Å²) in [5.74, 6) is 1.54. The van der Waals surface area contributed by atoms with Crippen LogP contribution in [0.25, 0.3) is 0 Å². The molecule has 2 aromatic carbocycles. The second kappa shape index (κ2) is 14.5. The Hall–Kier alpha value is -3.89. The molecule has 1 aliphatic heterocycles. The van der Waals surface area contributed by atoms with Crippen LogP contribution in [0, 0.1) is 12.3 Å². The van der Waals surface area contributed by atoms with E-state index in [-0.39, 0.29) is 49.4 Å². The molecule has 0 aliphatic carbocycles. The number of hydrogen-bond donors (Lipinski definition) is 2. The van der Waals surface area contributed by atoms with E-state index in [1.807, 2.05) is 0 Å². The van der Waals surface area contributed by atoms with Crippen LogP contribution < -0.4 is 10.1 Å². The van der Waals surface area contributed by atoms with Gasteiger partial charge in [0.15, 0.2) is 5.76 Å². The number of hydrogen-bond acceptors (Lipinski definition) is 9. The lowest BCUT2D eigenvalue weighted by Crippen LogP contribution is -2.38. The van der Waals surface area contributed by atoms with Crippen molar-refractivity contribution < 1.29 is 42.1 Å². The molecule has 1 aliphatic rings. The maximum Gasteiger partial charge on any atom is 0.337 e. The van der Waals surface area contributed by atoms with Gasteiger partial charge in [-0.3, -0.25) is 4.79 Å². The summed E-state index contributed by atoms with van der Waals surface area (Å²) in [6.07, 6.45) is 6.32. The van der Waals surface area contributed by atoms with Crippen molar-refractivity contribution in [1.29, 1.82) is 0 Å². The molecule has 3 rings (SSSR count). The summed E-state index contributed by atoms with van der Waals surface area (Å²) in [6.45, 7) is -0.676. The summed E-state index contributed by atoms with van der Waals surface area (Å²) in [5, 5.41) is 12.0. The van der Waals surface area contributed by atoms with Gasteiger partial charge in [0, 0.05) is 25.4 Å². The number of carbonyl (C=O) groups excluding carboxylic acids is 2. The van der Waals surface area contributed by atoms with E-state index in [0.29, 0.717) is 17.7 Å². The Balaban J connectivity index is 1.73. The number of ether oxygens (including phenoxy) is 4. The molecule has 0 saturated carbocycles. The number of carbonyl (C=O) groups is 2. The number of aliphatic hydroxyl groups is 1. The lowest BCUT2D eigenvalue weighted by Gasteiger charge is -2.30. The third kappa shape index (κ3) is 7.83. The van der Waals surface area contributed by atoms with Crippen molar-refractivity contribution in [2.75, 3.05) is 47.1 Å². The van der Waals surface area contributed by atoms with Gasteiger partial charge in [-0.1, -0.05) is 18.1 Å². The van der Waals surface area contributed by atoms with Crippen molar-refractivity contribution in [1.82, 2.24) is 9.62 Å². The van der Waals surface area contributed by atoms with Gasteiger partial charge < -0.3 is 29.4 Å². The van der Waals surface area contributed by atoms with Crippen molar-refractivity contribution in [3.63, 3.8) is 0 Å². The van der Waals surface area contributed by atoms with Crippen molar-refractivity contribution in [2.24, 2.45) is 0 Å². The van der Waals surface area contributed by atoms with Gasteiger partial charge in [-0.25, -0.2) is 13.2 Å². The second-order valence-electron chi connectivity index (χ2n) is 8.59. The van der Waals surface area contributed by atoms with Crippen LogP contribution in [0.5, 0.6) is 5.75 Å². The first-order valence-corrected chi connectivity index (χ1v) is 13.8. The number of esters is 1. The number of nitrogens with zero attached hydrogens (tertiary/aromatic N) is 1. The molecule has 11 nitrogen and oxygen atoms in total. The zero-order valence-electron chi connectivity index (χ0n) is 22.2. The summed E-state index contributed by atoms with van der Waals surface area (Å²) < 4.78 is 48.9. The quantitative estimate of drug-likeness (QED) is 0.271. The Kier molecular flexibility index (Phi) is 11.1. The highest BCUT2D eigenvalue weighted by atomic mass is 32.2. The van der Waals surface area contributed by atoms with Gasteiger partial charge in [-0.2, -0.15) is 4.31 Å². The van der Waals surface area contributed by atoms with Crippen LogP contribution in [0.3, 0.4) is 0 Å². The maximum atomic E-state index is 13.2. The second-order valence-corrected chi connectivity index (χ2v) is 10.5. The third-order valence-electron chi connectivity index (χ3n) is 6.08. The number of methoxy groups -OCH3 is 2. The minimum Gasteiger partial charge on any atom is -0.497 e. The number of rotatable bonds is 13. The van der Waals surface area contributed by atoms with Crippen LogP contribution in [0.2, 0.25) is 0 Å². The molecule has 0 radical (unpaired) electrons. The van der Waals surface area contributed by atoms with Crippen LogP contribution in [0.15, 0.2) is 65.3 Å². The first-order valence-electron chi connectivity index (χ1n) is 12.4. The Morgan fingerprint density at radius 3 is 2.42 bits per heavy atom. The van der Waals surface area contributed by atoms with Crippen LogP contribution in [-0.4, -0.2) is 83.1 Å². The highest BCUT2D eigenvalue weighted by Gasteiger charge is 2.30. The minimum absolute atomic E-state index is 0.00287. The fourth-order valence-corrected chi connectivity index (χ4v) is 5.41. The average molecular weight is 573 g/mol. The van der Waals surface area contributed by atoms with Crippen molar-refractivity contribution in [2.45, 2.75) is 23.5 Å². The summed E-state index contributed by atoms with van der Waals surface area (Å²) in [6, 6.07) is 12.6. The van der Waals surface area contributed by atoms with E-state index < -0.39 is 28.2 Å². The van der Waals surface area contributed by atoms with Gasteiger partial charge in [0.1, 0.15) is 5.75 Å². The van der Waals surface area contributed by atoms with Gasteiger partial charge >= 0.3 is 5.97 Å². The van der Waals surface area contributed by atoms with Crippen LogP contribution in [-0.2, 0) is 29.0 Å². The molecular formula is C28H32N2O9S. The molecule has 12 heteroatoms. The lowest BCUT2D eigenvalue weighted by molar-refractivity contribution is -0.146. The number of amides is 1. The zero-order chi connectivity index (χ0) is 29.1. The highest BCUT2D eigenvalue weighted by Crippen LogP contribution is 2.32. The lowest BCUT2D eigenvalue weighted by atomic mass is 9.92. The first-order chi connectivity index (χ1) is 19.2. The zero-order valence-corrected chi connectivity index (χ0v) is 23.1. The van der Waals surface area contributed by atoms with Crippen LogP contribution in [0.4, 0.5) is 0 Å². The predicted octanol–water partition coefficient (Wildman–Crippen LogP) is 1.64. The van der Waals surface area contributed by atoms with Crippen LogP contribution in [0.1, 0.15) is 28.3 Å². The molecule has 40 heavy (non-hydrogen) atoms. The van der Waals surface area contributed by atoms with Gasteiger partial charge in [0.2, 0.25) is 16.3 Å². The van der Waals surface area contributed by atoms with Crippen molar-refractivity contribution in [3.05, 3.63) is 71.5 Å². The minimum atomic E-state index is -3.93. The number of allylic oxidation sites excluding steroid dienone is 1. The molecule has 0 aromatic heterocycles. The fraction of sp³-hybridized carbons (Fsp3) is 0.357.